The van der Waals surface area contributed by atoms with Crippen molar-refractivity contribution in [2.24, 2.45) is 0 Å². The maximum atomic E-state index is 2.30. The predicted molar refractivity (Wildman–Crippen MR) is 55.0 cm³/mol. The van der Waals surface area contributed by atoms with Gasteiger partial charge in [0.1, 0.15) is 0 Å². The van der Waals surface area contributed by atoms with Crippen molar-refractivity contribution in [3.8, 4) is 0 Å². The molecule has 2 rings (SSSR count). The Kier molecular flexibility index (Phi) is 2.04. The molecule has 1 nitrogen and oxygen atoms in total. The molecule has 0 atom stereocenters. The van der Waals surface area contributed by atoms with Crippen LogP contribution in [0.15, 0.2) is 30.3 Å². The van der Waals surface area contributed by atoms with E-state index in [2.05, 4.69) is 44.4 Å². The van der Waals surface area contributed by atoms with Crippen molar-refractivity contribution in [1.29, 1.82) is 0 Å². The third-order valence-corrected chi connectivity index (χ3v) is 2.97. The molecule has 0 unspecified atom stereocenters. The van der Waals surface area contributed by atoms with Crippen molar-refractivity contribution >= 4 is 0 Å². The number of likely N-dealkylation sites (tertiary alicyclic amines) is 1. The minimum Gasteiger partial charge on any atom is -0.348 e. The Morgan fingerprint density at radius 3 is 2.38 bits per heavy atom. The van der Waals surface area contributed by atoms with Crippen LogP contribution in [0.25, 0.3) is 0 Å². The van der Waals surface area contributed by atoms with E-state index in [1.54, 1.807) is 6.04 Å². The summed E-state index contributed by atoms with van der Waals surface area (Å²) in [5.41, 5.74) is 1.42. The van der Waals surface area contributed by atoms with Crippen LogP contribution in [0.1, 0.15) is 18.4 Å². The van der Waals surface area contributed by atoms with Crippen LogP contribution < -0.4 is 0 Å². The third-order valence-electron chi connectivity index (χ3n) is 2.97. The first-order chi connectivity index (χ1) is 6.20. The van der Waals surface area contributed by atoms with E-state index < -0.39 is 0 Å². The molecule has 1 saturated heterocycles. The molecule has 1 heteroatoms. The molecule has 70 valence electrons. The highest BCUT2D eigenvalue weighted by Crippen LogP contribution is 2.34. The Hall–Kier alpha value is -0.950. The molecular weight excluding hydrogens is 158 g/mol. The van der Waals surface area contributed by atoms with Crippen LogP contribution in [0, 0.1) is 6.04 Å². The Bertz CT molecular complexity index is 276. The van der Waals surface area contributed by atoms with E-state index in [0.29, 0.717) is 0 Å². The van der Waals surface area contributed by atoms with Crippen LogP contribution in [0.5, 0.6) is 0 Å². The van der Waals surface area contributed by atoms with Gasteiger partial charge in [0.15, 0.2) is 0 Å². The highest BCUT2D eigenvalue weighted by Gasteiger charge is 2.29. The van der Waals surface area contributed by atoms with Crippen molar-refractivity contribution in [2.75, 3.05) is 20.6 Å². The molecule has 0 N–H and O–H groups in total. The molecule has 0 radical (unpaired) electrons. The van der Waals surface area contributed by atoms with Gasteiger partial charge in [0.05, 0.1) is 20.6 Å². The van der Waals surface area contributed by atoms with E-state index >= 15 is 0 Å². The Morgan fingerprint density at radius 2 is 1.85 bits per heavy atom. The first kappa shape index (κ1) is 8.64. The summed E-state index contributed by atoms with van der Waals surface area (Å²) in [5.74, 6) is 0. The summed E-state index contributed by atoms with van der Waals surface area (Å²) in [6.07, 6.45) is 2.59. The van der Waals surface area contributed by atoms with Crippen molar-refractivity contribution in [3.63, 3.8) is 0 Å². The molecule has 0 bridgehead atoms. The maximum absolute atomic E-state index is 2.30. The van der Waals surface area contributed by atoms with Crippen LogP contribution in [0.4, 0.5) is 0 Å². The van der Waals surface area contributed by atoms with E-state index in [-0.39, 0.29) is 0 Å². The number of rotatable bonds is 1. The van der Waals surface area contributed by atoms with Crippen molar-refractivity contribution < 1.29 is 4.48 Å². The monoisotopic (exact) mass is 175 g/mol. The van der Waals surface area contributed by atoms with E-state index in [4.69, 9.17) is 0 Å². The molecule has 0 spiro atoms. The fraction of sp³-hybridized carbons (Fsp3) is 0.417. The number of benzene rings is 1. The summed E-state index contributed by atoms with van der Waals surface area (Å²) in [5, 5.41) is 0. The van der Waals surface area contributed by atoms with Gasteiger partial charge in [-0.15, -0.1) is 17.7 Å². The Morgan fingerprint density at radius 1 is 1.15 bits per heavy atom. The summed E-state index contributed by atoms with van der Waals surface area (Å²) in [6.45, 7) is 1.28. The molecule has 1 fully saturated rings. The highest BCUT2D eigenvalue weighted by atomic mass is 15.3. The number of hydrogen-bond acceptors (Lipinski definition) is 0. The zero-order valence-electron chi connectivity index (χ0n) is 8.46. The van der Waals surface area contributed by atoms with Gasteiger partial charge < -0.3 is 4.48 Å². The average Bonchev–Trinajstić information content (AvgIpc) is 2.47. The number of quaternary nitrogens is 1. The second-order valence-corrected chi connectivity index (χ2v) is 4.32. The van der Waals surface area contributed by atoms with Crippen molar-refractivity contribution in [2.45, 2.75) is 12.8 Å². The van der Waals surface area contributed by atoms with Gasteiger partial charge in [-0.1, -0.05) is 6.07 Å². The first-order valence-corrected chi connectivity index (χ1v) is 4.95. The summed E-state index contributed by atoms with van der Waals surface area (Å²) in [4.78, 5) is 0. The van der Waals surface area contributed by atoms with Crippen LogP contribution >= 0.6 is 0 Å². The van der Waals surface area contributed by atoms with Crippen LogP contribution in [-0.2, 0) is 0 Å². The van der Waals surface area contributed by atoms with Gasteiger partial charge in [-0.2, -0.15) is 12.1 Å². The quantitative estimate of drug-likeness (QED) is 0.454. The molecular formula is C12H17N. The van der Waals surface area contributed by atoms with Gasteiger partial charge in [-0.25, -0.2) is 0 Å². The zero-order chi connectivity index (χ0) is 9.31. The summed E-state index contributed by atoms with van der Waals surface area (Å²) >= 11 is 0. The first-order valence-electron chi connectivity index (χ1n) is 4.95. The molecule has 1 aromatic carbocycles. The largest absolute Gasteiger partial charge is 0.348 e. The normalized spacial score (nSPS) is 20.6. The third kappa shape index (κ3) is 1.56. The minimum atomic E-state index is 1.07. The maximum Gasteiger partial charge on any atom is 0.0730 e. The topological polar surface area (TPSA) is 0 Å². The van der Waals surface area contributed by atoms with Gasteiger partial charge >= 0.3 is 0 Å². The number of nitrogens with zero attached hydrogens (tertiary/aromatic N) is 1. The molecule has 1 aliphatic rings. The molecule has 0 aromatic heterocycles. The Balaban J connectivity index is 2.27. The second-order valence-electron chi connectivity index (χ2n) is 4.32. The lowest BCUT2D eigenvalue weighted by atomic mass is 10.0. The standard InChI is InChI=1S/C12H17N/c1-13(2)10-6-9-12(13)11-7-4-3-5-8-11/h3-5,7-8H,6,9-10H2,1-2H3. The fourth-order valence-electron chi connectivity index (χ4n) is 2.20. The van der Waals surface area contributed by atoms with Crippen LogP contribution in [-0.4, -0.2) is 25.1 Å². The van der Waals surface area contributed by atoms with Gasteiger partial charge in [0, 0.05) is 6.04 Å². The van der Waals surface area contributed by atoms with Crippen LogP contribution in [0.3, 0.4) is 0 Å². The summed E-state index contributed by atoms with van der Waals surface area (Å²) < 4.78 is 1.07. The lowest BCUT2D eigenvalue weighted by Gasteiger charge is -2.36. The molecule has 1 aliphatic heterocycles. The summed E-state index contributed by atoms with van der Waals surface area (Å²) in [6, 6.07) is 12.4. The molecule has 13 heavy (non-hydrogen) atoms. The van der Waals surface area contributed by atoms with Crippen molar-refractivity contribution in [3.05, 3.63) is 41.9 Å². The molecule has 1 aromatic rings. The van der Waals surface area contributed by atoms with Gasteiger partial charge in [-0.3, -0.25) is 0 Å². The van der Waals surface area contributed by atoms with Gasteiger partial charge in [0.25, 0.3) is 0 Å². The SMILES string of the molecule is C[N+]1(C)CCC[C-]1c1ccccc1. The molecule has 0 amide bonds. The fourth-order valence-corrected chi connectivity index (χ4v) is 2.20. The highest BCUT2D eigenvalue weighted by molar-refractivity contribution is 5.27. The van der Waals surface area contributed by atoms with E-state index in [9.17, 15) is 0 Å². The summed E-state index contributed by atoms with van der Waals surface area (Å²) in [7, 11) is 4.60. The zero-order valence-corrected chi connectivity index (χ0v) is 8.46. The van der Waals surface area contributed by atoms with E-state index in [1.165, 1.54) is 24.9 Å². The predicted octanol–water partition coefficient (Wildman–Crippen LogP) is 2.44. The van der Waals surface area contributed by atoms with Crippen LogP contribution in [0.2, 0.25) is 0 Å². The van der Waals surface area contributed by atoms with Gasteiger partial charge in [-0.05, 0) is 12.8 Å². The van der Waals surface area contributed by atoms with Crippen molar-refractivity contribution in [1.82, 2.24) is 0 Å². The lowest BCUT2D eigenvalue weighted by Crippen LogP contribution is -2.38. The van der Waals surface area contributed by atoms with E-state index in [1.807, 2.05) is 0 Å². The van der Waals surface area contributed by atoms with Gasteiger partial charge in [0.2, 0.25) is 0 Å². The minimum absolute atomic E-state index is 1.07. The lowest BCUT2D eigenvalue weighted by molar-refractivity contribution is -0.863. The molecule has 0 saturated carbocycles. The molecule has 0 aliphatic carbocycles. The van der Waals surface area contributed by atoms with E-state index in [0.717, 1.165) is 4.48 Å². The molecule has 1 heterocycles. The number of hydrogen-bond donors (Lipinski definition) is 0. The average molecular weight is 175 g/mol. The second kappa shape index (κ2) is 3.08. The Labute approximate surface area is 80.6 Å². The smallest absolute Gasteiger partial charge is 0.0730 e.